The maximum absolute atomic E-state index is 11.5. The Balaban J connectivity index is 2.73. The van der Waals surface area contributed by atoms with Crippen molar-refractivity contribution in [3.8, 4) is 6.07 Å². The summed E-state index contributed by atoms with van der Waals surface area (Å²) in [5, 5.41) is 14.0. The number of carbonyl (C=O) groups excluding carboxylic acids is 1. The van der Waals surface area contributed by atoms with Gasteiger partial charge in [-0.1, -0.05) is 35.5 Å². The molecule has 1 aromatic carbocycles. The molecule has 0 aliphatic rings. The van der Waals surface area contributed by atoms with Crippen molar-refractivity contribution in [3.05, 3.63) is 46.6 Å². The van der Waals surface area contributed by atoms with E-state index in [9.17, 15) is 4.79 Å². The molecule has 1 aromatic rings. The summed E-state index contributed by atoms with van der Waals surface area (Å²) in [5.41, 5.74) is 3.41. The summed E-state index contributed by atoms with van der Waals surface area (Å²) in [7, 11) is 0. The number of carbonyl (C=O) groups is 1. The highest BCUT2D eigenvalue weighted by molar-refractivity contribution is 8.13. The molecule has 120 valence electrons. The van der Waals surface area contributed by atoms with E-state index >= 15 is 0 Å². The molecular weight excluding hydrogens is 336 g/mol. The average Bonchev–Trinajstić information content (AvgIpc) is 2.55. The second-order valence-corrected chi connectivity index (χ2v) is 5.17. The van der Waals surface area contributed by atoms with Gasteiger partial charge in [-0.2, -0.15) is 10.4 Å². The predicted octanol–water partition coefficient (Wildman–Crippen LogP) is 2.95. The molecule has 1 N–H and O–H groups in total. The first-order chi connectivity index (χ1) is 11.1. The van der Waals surface area contributed by atoms with Crippen LogP contribution in [0.15, 0.2) is 46.1 Å². The molecule has 0 bridgehead atoms. The zero-order valence-electron chi connectivity index (χ0n) is 12.6. The number of hydrogen-bond donors (Lipinski definition) is 1. The van der Waals surface area contributed by atoms with E-state index in [2.05, 4.69) is 15.5 Å². The Morgan fingerprint density at radius 1 is 1.48 bits per heavy atom. The average molecular weight is 351 g/mol. The van der Waals surface area contributed by atoms with Gasteiger partial charge in [-0.05, 0) is 30.9 Å². The highest BCUT2D eigenvalue weighted by Crippen LogP contribution is 2.07. The number of esters is 1. The summed E-state index contributed by atoms with van der Waals surface area (Å²) in [6, 6.07) is 8.89. The van der Waals surface area contributed by atoms with Gasteiger partial charge < -0.3 is 4.74 Å². The lowest BCUT2D eigenvalue weighted by atomic mass is 10.2. The van der Waals surface area contributed by atoms with Gasteiger partial charge >= 0.3 is 5.97 Å². The highest BCUT2D eigenvalue weighted by Gasteiger charge is 2.09. The third-order valence-corrected chi connectivity index (χ3v) is 3.20. The molecule has 0 atom stereocenters. The van der Waals surface area contributed by atoms with Crippen LogP contribution in [0.3, 0.4) is 0 Å². The summed E-state index contributed by atoms with van der Waals surface area (Å²) in [4.78, 5) is 15.5. The number of halogens is 1. The normalized spacial score (nSPS) is 12.1. The number of nitrogens with one attached hydrogen (secondary N) is 1. The fourth-order valence-corrected chi connectivity index (χ4v) is 1.73. The molecule has 0 saturated carbocycles. The first-order valence-electron chi connectivity index (χ1n) is 6.54. The minimum absolute atomic E-state index is 0.179. The van der Waals surface area contributed by atoms with Crippen LogP contribution in [0.25, 0.3) is 0 Å². The van der Waals surface area contributed by atoms with Crippen molar-refractivity contribution >= 4 is 40.7 Å². The van der Waals surface area contributed by atoms with Gasteiger partial charge in [0.25, 0.3) is 0 Å². The molecule has 0 aliphatic carbocycles. The summed E-state index contributed by atoms with van der Waals surface area (Å²) < 4.78 is 4.74. The molecule has 0 aliphatic heterocycles. The van der Waals surface area contributed by atoms with E-state index in [1.165, 1.54) is 11.8 Å². The molecule has 0 radical (unpaired) electrons. The van der Waals surface area contributed by atoms with Crippen molar-refractivity contribution in [2.24, 2.45) is 10.1 Å². The molecule has 0 aromatic heterocycles. The molecular formula is C15H15ClN4O2S. The molecule has 0 amide bonds. The fraction of sp³-hybridized carbons (Fsp3) is 0.200. The van der Waals surface area contributed by atoms with Crippen LogP contribution in [0.1, 0.15) is 12.5 Å². The summed E-state index contributed by atoms with van der Waals surface area (Å²) in [6.45, 7) is 1.86. The van der Waals surface area contributed by atoms with Crippen LogP contribution in [-0.4, -0.2) is 30.2 Å². The molecule has 0 spiro atoms. The van der Waals surface area contributed by atoms with E-state index in [1.54, 1.807) is 37.6 Å². The first-order valence-corrected chi connectivity index (χ1v) is 8.14. The standard InChI is InChI=1S/C15H15ClN4O2S/c1-3-22-14(21)12(8-17)10-18-15(23-2)20-19-9-11-4-6-13(16)7-5-11/h4-7,9-10H,3H2,1-2H3,(H,18,20)/b12-10+,19-9-. The van der Waals surface area contributed by atoms with Gasteiger partial charge in [-0.3, -0.25) is 5.43 Å². The number of nitrogens with zero attached hydrogens (tertiary/aromatic N) is 3. The van der Waals surface area contributed by atoms with E-state index in [4.69, 9.17) is 21.6 Å². The van der Waals surface area contributed by atoms with E-state index < -0.39 is 5.97 Å². The lowest BCUT2D eigenvalue weighted by Gasteiger charge is -2.01. The van der Waals surface area contributed by atoms with Gasteiger partial charge in [-0.25, -0.2) is 9.79 Å². The van der Waals surface area contributed by atoms with Crippen LogP contribution in [0.5, 0.6) is 0 Å². The molecule has 1 rings (SSSR count). The third-order valence-electron chi connectivity index (χ3n) is 2.36. The highest BCUT2D eigenvalue weighted by atomic mass is 35.5. The van der Waals surface area contributed by atoms with Gasteiger partial charge in [0.2, 0.25) is 0 Å². The number of benzene rings is 1. The van der Waals surface area contributed by atoms with Crippen LogP contribution in [0.2, 0.25) is 5.02 Å². The van der Waals surface area contributed by atoms with Gasteiger partial charge in [0.05, 0.1) is 19.0 Å². The Morgan fingerprint density at radius 2 is 2.17 bits per heavy atom. The Labute approximate surface area is 143 Å². The Hall–Kier alpha value is -2.30. The number of ether oxygens (including phenoxy) is 1. The van der Waals surface area contributed by atoms with Crippen molar-refractivity contribution in [3.63, 3.8) is 0 Å². The van der Waals surface area contributed by atoms with Crippen LogP contribution in [0, 0.1) is 11.3 Å². The number of rotatable bonds is 5. The minimum Gasteiger partial charge on any atom is -0.462 e. The van der Waals surface area contributed by atoms with Crippen molar-refractivity contribution < 1.29 is 9.53 Å². The maximum atomic E-state index is 11.5. The zero-order chi connectivity index (χ0) is 17.1. The number of thioether (sulfide) groups is 1. The minimum atomic E-state index is -0.705. The number of aliphatic imine (C=N–C) groups is 1. The van der Waals surface area contributed by atoms with Gasteiger partial charge in [0, 0.05) is 5.02 Å². The SMILES string of the molecule is CCOC(=O)/C(C#N)=C/N=C(N/N=C\c1ccc(Cl)cc1)SC. The fourth-order valence-electron chi connectivity index (χ4n) is 1.30. The molecule has 0 heterocycles. The second kappa shape index (κ2) is 10.4. The van der Waals surface area contributed by atoms with Crippen LogP contribution in [0.4, 0.5) is 0 Å². The zero-order valence-corrected chi connectivity index (χ0v) is 14.2. The smallest absolute Gasteiger partial charge is 0.350 e. The van der Waals surface area contributed by atoms with Gasteiger partial charge in [0.15, 0.2) is 10.7 Å². The van der Waals surface area contributed by atoms with Crippen LogP contribution < -0.4 is 5.43 Å². The lowest BCUT2D eigenvalue weighted by molar-refractivity contribution is -0.138. The molecule has 23 heavy (non-hydrogen) atoms. The molecule has 8 heteroatoms. The maximum Gasteiger partial charge on any atom is 0.350 e. The third kappa shape index (κ3) is 7.00. The topological polar surface area (TPSA) is 86.8 Å². The molecule has 6 nitrogen and oxygen atoms in total. The quantitative estimate of drug-likeness (QED) is 0.220. The second-order valence-electron chi connectivity index (χ2n) is 3.93. The number of nitriles is 1. The monoisotopic (exact) mass is 350 g/mol. The number of hydrazone groups is 1. The molecule has 0 saturated heterocycles. The largest absolute Gasteiger partial charge is 0.462 e. The predicted molar refractivity (Wildman–Crippen MR) is 93.5 cm³/mol. The lowest BCUT2D eigenvalue weighted by Crippen LogP contribution is -2.13. The van der Waals surface area contributed by atoms with E-state index in [0.717, 1.165) is 11.8 Å². The Morgan fingerprint density at radius 3 is 2.74 bits per heavy atom. The van der Waals surface area contributed by atoms with Crippen molar-refractivity contribution in [2.75, 3.05) is 12.9 Å². The van der Waals surface area contributed by atoms with Crippen LogP contribution >= 0.6 is 23.4 Å². The van der Waals surface area contributed by atoms with Crippen molar-refractivity contribution in [1.29, 1.82) is 5.26 Å². The Bertz CT molecular complexity index is 663. The van der Waals surface area contributed by atoms with Gasteiger partial charge in [0.1, 0.15) is 6.07 Å². The molecule has 0 unspecified atom stereocenters. The summed E-state index contributed by atoms with van der Waals surface area (Å²) in [6.07, 6.45) is 4.53. The molecule has 0 fully saturated rings. The Kier molecular flexibility index (Phi) is 8.50. The van der Waals surface area contributed by atoms with E-state index in [0.29, 0.717) is 10.2 Å². The first kappa shape index (κ1) is 18.7. The van der Waals surface area contributed by atoms with Crippen molar-refractivity contribution in [2.45, 2.75) is 6.92 Å². The number of hydrogen-bond acceptors (Lipinski definition) is 6. The van der Waals surface area contributed by atoms with Crippen molar-refractivity contribution in [1.82, 2.24) is 5.43 Å². The summed E-state index contributed by atoms with van der Waals surface area (Å²) >= 11 is 7.08. The number of amidine groups is 1. The van der Waals surface area contributed by atoms with E-state index in [-0.39, 0.29) is 12.2 Å². The summed E-state index contributed by atoms with van der Waals surface area (Å²) in [5.74, 6) is -0.705. The van der Waals surface area contributed by atoms with E-state index in [1.807, 2.05) is 12.1 Å². The van der Waals surface area contributed by atoms with Crippen LogP contribution in [-0.2, 0) is 9.53 Å². The van der Waals surface area contributed by atoms with Gasteiger partial charge in [-0.15, -0.1) is 0 Å².